The topological polar surface area (TPSA) is 47.6 Å². The zero-order valence-corrected chi connectivity index (χ0v) is 13.5. The minimum Gasteiger partial charge on any atom is -0.486 e. The molecule has 120 valence electrons. The summed E-state index contributed by atoms with van der Waals surface area (Å²) in [5.74, 6) is 1.48. The lowest BCUT2D eigenvalue weighted by molar-refractivity contribution is -0.120. The highest BCUT2D eigenvalue weighted by molar-refractivity contribution is 5.79. The molecule has 0 spiro atoms. The van der Waals surface area contributed by atoms with Gasteiger partial charge in [0.05, 0.1) is 13.0 Å². The minimum atomic E-state index is -0.159. The number of carbonyl (C=O) groups is 1. The van der Waals surface area contributed by atoms with Crippen molar-refractivity contribution in [1.29, 1.82) is 0 Å². The van der Waals surface area contributed by atoms with Crippen molar-refractivity contribution < 1.29 is 14.3 Å². The number of benzene rings is 2. The SMILES string of the molecule is Cc1ccc(CC(=O)NC[C@@H]2COc3ccccc3O2)c(C)c1. The molecule has 4 nitrogen and oxygen atoms in total. The summed E-state index contributed by atoms with van der Waals surface area (Å²) in [6, 6.07) is 13.7. The van der Waals surface area contributed by atoms with Crippen LogP contribution in [0.3, 0.4) is 0 Å². The van der Waals surface area contributed by atoms with Gasteiger partial charge in [-0.1, -0.05) is 35.9 Å². The van der Waals surface area contributed by atoms with Crippen LogP contribution in [0.15, 0.2) is 42.5 Å². The Balaban J connectivity index is 1.52. The first-order chi connectivity index (χ1) is 11.1. The summed E-state index contributed by atoms with van der Waals surface area (Å²) in [5.41, 5.74) is 3.41. The zero-order valence-electron chi connectivity index (χ0n) is 13.5. The molecule has 0 unspecified atom stereocenters. The van der Waals surface area contributed by atoms with E-state index in [1.165, 1.54) is 5.56 Å². The molecule has 0 aromatic heterocycles. The maximum Gasteiger partial charge on any atom is 0.224 e. The van der Waals surface area contributed by atoms with E-state index in [9.17, 15) is 4.79 Å². The molecule has 0 aliphatic carbocycles. The lowest BCUT2D eigenvalue weighted by Crippen LogP contribution is -2.41. The lowest BCUT2D eigenvalue weighted by atomic mass is 10.0. The Kier molecular flexibility index (Phi) is 4.51. The van der Waals surface area contributed by atoms with E-state index in [0.717, 1.165) is 22.6 Å². The number of fused-ring (bicyclic) bond motifs is 1. The van der Waals surface area contributed by atoms with Crippen LogP contribution in [0.25, 0.3) is 0 Å². The number of hydrogen-bond donors (Lipinski definition) is 1. The lowest BCUT2D eigenvalue weighted by Gasteiger charge is -2.26. The summed E-state index contributed by atoms with van der Waals surface area (Å²) in [6.07, 6.45) is 0.226. The molecule has 0 saturated heterocycles. The van der Waals surface area contributed by atoms with E-state index in [0.29, 0.717) is 19.6 Å². The fourth-order valence-electron chi connectivity index (χ4n) is 2.67. The van der Waals surface area contributed by atoms with Crippen LogP contribution >= 0.6 is 0 Å². The maximum atomic E-state index is 12.1. The average molecular weight is 311 g/mol. The fraction of sp³-hybridized carbons (Fsp3) is 0.316. The van der Waals surface area contributed by atoms with Gasteiger partial charge in [0.15, 0.2) is 11.5 Å². The molecule has 3 rings (SSSR count). The Bertz CT molecular complexity index is 712. The van der Waals surface area contributed by atoms with Gasteiger partial charge in [-0.2, -0.15) is 0 Å². The van der Waals surface area contributed by atoms with E-state index in [4.69, 9.17) is 9.47 Å². The Labute approximate surface area is 136 Å². The van der Waals surface area contributed by atoms with Crippen molar-refractivity contribution in [2.24, 2.45) is 0 Å². The van der Waals surface area contributed by atoms with Crippen LogP contribution in [0.5, 0.6) is 11.5 Å². The molecule has 1 aliphatic rings. The number of carbonyl (C=O) groups excluding carboxylic acids is 1. The highest BCUT2D eigenvalue weighted by atomic mass is 16.6. The summed E-state index contributed by atoms with van der Waals surface area (Å²) < 4.78 is 11.5. The number of amides is 1. The van der Waals surface area contributed by atoms with E-state index >= 15 is 0 Å². The number of ether oxygens (including phenoxy) is 2. The highest BCUT2D eigenvalue weighted by Crippen LogP contribution is 2.30. The summed E-state index contributed by atoms with van der Waals surface area (Å²) >= 11 is 0. The normalized spacial score (nSPS) is 16.0. The number of hydrogen-bond acceptors (Lipinski definition) is 3. The molecule has 0 bridgehead atoms. The second kappa shape index (κ2) is 6.73. The molecule has 1 aliphatic heterocycles. The van der Waals surface area contributed by atoms with Crippen molar-refractivity contribution in [3.05, 3.63) is 59.2 Å². The molecular weight excluding hydrogens is 290 g/mol. The van der Waals surface area contributed by atoms with Crippen molar-refractivity contribution >= 4 is 5.91 Å². The van der Waals surface area contributed by atoms with Crippen molar-refractivity contribution in [3.63, 3.8) is 0 Å². The van der Waals surface area contributed by atoms with Gasteiger partial charge in [-0.05, 0) is 37.1 Å². The van der Waals surface area contributed by atoms with Gasteiger partial charge in [0, 0.05) is 0 Å². The van der Waals surface area contributed by atoms with Gasteiger partial charge in [0.1, 0.15) is 12.7 Å². The standard InChI is InChI=1S/C19H21NO3/c1-13-7-8-15(14(2)9-13)10-19(21)20-11-16-12-22-17-5-3-4-6-18(17)23-16/h3-9,16H,10-12H2,1-2H3,(H,20,21)/t16-/m1/s1. The number of aryl methyl sites for hydroxylation is 2. The summed E-state index contributed by atoms with van der Waals surface area (Å²) in [4.78, 5) is 12.1. The van der Waals surface area contributed by atoms with Crippen LogP contribution in [0.1, 0.15) is 16.7 Å². The molecule has 0 saturated carbocycles. The second-order valence-corrected chi connectivity index (χ2v) is 5.91. The molecule has 0 fully saturated rings. The number of para-hydroxylation sites is 2. The van der Waals surface area contributed by atoms with Gasteiger partial charge in [-0.3, -0.25) is 4.79 Å². The van der Waals surface area contributed by atoms with Gasteiger partial charge in [-0.15, -0.1) is 0 Å². The van der Waals surface area contributed by atoms with Crippen LogP contribution in [-0.2, 0) is 11.2 Å². The van der Waals surface area contributed by atoms with Crippen LogP contribution in [-0.4, -0.2) is 25.2 Å². The molecule has 0 radical (unpaired) electrons. The largest absolute Gasteiger partial charge is 0.486 e. The quantitative estimate of drug-likeness (QED) is 0.944. The van der Waals surface area contributed by atoms with E-state index in [-0.39, 0.29) is 12.0 Å². The van der Waals surface area contributed by atoms with Gasteiger partial charge < -0.3 is 14.8 Å². The van der Waals surface area contributed by atoms with Crippen molar-refractivity contribution in [3.8, 4) is 11.5 Å². The molecule has 4 heteroatoms. The summed E-state index contributed by atoms with van der Waals surface area (Å²) in [5, 5.41) is 2.93. The first-order valence-corrected chi connectivity index (χ1v) is 7.83. The van der Waals surface area contributed by atoms with Gasteiger partial charge >= 0.3 is 0 Å². The summed E-state index contributed by atoms with van der Waals surface area (Å²) in [6.45, 7) is 4.97. The molecule has 23 heavy (non-hydrogen) atoms. The first kappa shape index (κ1) is 15.4. The third-order valence-corrected chi connectivity index (χ3v) is 3.94. The van der Waals surface area contributed by atoms with E-state index in [1.54, 1.807) is 0 Å². The predicted molar refractivity (Wildman–Crippen MR) is 89.0 cm³/mol. The van der Waals surface area contributed by atoms with Crippen molar-refractivity contribution in [2.45, 2.75) is 26.4 Å². The second-order valence-electron chi connectivity index (χ2n) is 5.91. The van der Waals surface area contributed by atoms with Crippen molar-refractivity contribution in [2.75, 3.05) is 13.2 Å². The van der Waals surface area contributed by atoms with Crippen LogP contribution in [0.4, 0.5) is 0 Å². The zero-order chi connectivity index (χ0) is 16.2. The fourth-order valence-corrected chi connectivity index (χ4v) is 2.67. The van der Waals surface area contributed by atoms with Crippen LogP contribution in [0, 0.1) is 13.8 Å². The Morgan fingerprint density at radius 2 is 1.96 bits per heavy atom. The number of rotatable bonds is 4. The molecule has 1 heterocycles. The van der Waals surface area contributed by atoms with Gasteiger partial charge in [-0.25, -0.2) is 0 Å². The van der Waals surface area contributed by atoms with Crippen LogP contribution in [0.2, 0.25) is 0 Å². The molecule has 1 N–H and O–H groups in total. The monoisotopic (exact) mass is 311 g/mol. The van der Waals surface area contributed by atoms with E-state index in [1.807, 2.05) is 43.3 Å². The average Bonchev–Trinajstić information content (AvgIpc) is 2.55. The maximum absolute atomic E-state index is 12.1. The van der Waals surface area contributed by atoms with Gasteiger partial charge in [0.25, 0.3) is 0 Å². The molecule has 1 amide bonds. The minimum absolute atomic E-state index is 0.000545. The van der Waals surface area contributed by atoms with Crippen LogP contribution < -0.4 is 14.8 Å². The third kappa shape index (κ3) is 3.83. The van der Waals surface area contributed by atoms with Crippen molar-refractivity contribution in [1.82, 2.24) is 5.32 Å². The molecule has 1 atom stereocenters. The Morgan fingerprint density at radius 3 is 2.74 bits per heavy atom. The summed E-state index contributed by atoms with van der Waals surface area (Å²) in [7, 11) is 0. The number of nitrogens with one attached hydrogen (secondary N) is 1. The molecular formula is C19H21NO3. The third-order valence-electron chi connectivity index (χ3n) is 3.94. The first-order valence-electron chi connectivity index (χ1n) is 7.83. The predicted octanol–water partition coefficient (Wildman–Crippen LogP) is 2.80. The Hall–Kier alpha value is -2.49. The smallest absolute Gasteiger partial charge is 0.224 e. The van der Waals surface area contributed by atoms with E-state index in [2.05, 4.69) is 18.3 Å². The molecule has 2 aromatic carbocycles. The molecule has 2 aromatic rings. The Morgan fingerprint density at radius 1 is 1.17 bits per heavy atom. The highest BCUT2D eigenvalue weighted by Gasteiger charge is 2.21. The van der Waals surface area contributed by atoms with Gasteiger partial charge in [0.2, 0.25) is 5.91 Å². The van der Waals surface area contributed by atoms with E-state index < -0.39 is 0 Å².